The van der Waals surface area contributed by atoms with Gasteiger partial charge in [-0.1, -0.05) is 6.07 Å². The second-order valence-electron chi connectivity index (χ2n) is 3.73. The Kier molecular flexibility index (Phi) is 2.72. The first-order chi connectivity index (χ1) is 8.29. The highest BCUT2D eigenvalue weighted by molar-refractivity contribution is 7.89. The first-order valence-electron chi connectivity index (χ1n) is 4.82. The second kappa shape index (κ2) is 3.97. The Labute approximate surface area is 102 Å². The van der Waals surface area contributed by atoms with Crippen LogP contribution in [0.3, 0.4) is 0 Å². The van der Waals surface area contributed by atoms with Gasteiger partial charge in [0.05, 0.1) is 10.5 Å². The van der Waals surface area contributed by atoms with Crippen LogP contribution in [0, 0.1) is 0 Å². The van der Waals surface area contributed by atoms with Crippen LogP contribution < -0.4 is 5.14 Å². The van der Waals surface area contributed by atoms with Gasteiger partial charge in [0.2, 0.25) is 10.0 Å². The minimum atomic E-state index is -4.08. The van der Waals surface area contributed by atoms with Gasteiger partial charge in [0.15, 0.2) is 0 Å². The van der Waals surface area contributed by atoms with Gasteiger partial charge in [-0.15, -0.1) is 0 Å². The zero-order valence-corrected chi connectivity index (χ0v) is 9.81. The molecule has 0 aliphatic rings. The van der Waals surface area contributed by atoms with Crippen molar-refractivity contribution in [1.82, 2.24) is 0 Å². The van der Waals surface area contributed by atoms with E-state index in [1.165, 1.54) is 24.3 Å². The number of hydrogen-bond donors (Lipinski definition) is 3. The summed E-state index contributed by atoms with van der Waals surface area (Å²) in [6.07, 6.45) is 0. The van der Waals surface area contributed by atoms with E-state index < -0.39 is 16.0 Å². The molecule has 0 aromatic heterocycles. The molecule has 0 saturated carbocycles. The molecular weight excluding hydrogens is 258 g/mol. The molecule has 0 fully saturated rings. The van der Waals surface area contributed by atoms with Crippen LogP contribution >= 0.6 is 0 Å². The highest BCUT2D eigenvalue weighted by atomic mass is 32.2. The van der Waals surface area contributed by atoms with Gasteiger partial charge in [0, 0.05) is 5.39 Å². The third-order valence-electron chi connectivity index (χ3n) is 2.45. The smallest absolute Gasteiger partial charge is 0.335 e. The van der Waals surface area contributed by atoms with Crippen molar-refractivity contribution in [2.75, 3.05) is 0 Å². The van der Waals surface area contributed by atoms with Gasteiger partial charge >= 0.3 is 5.97 Å². The molecule has 0 bridgehead atoms. The van der Waals surface area contributed by atoms with Gasteiger partial charge in [-0.25, -0.2) is 18.4 Å². The highest BCUT2D eigenvalue weighted by Crippen LogP contribution is 2.27. The number of sulfonamides is 1. The fraction of sp³-hybridized carbons (Fsp3) is 0. The first-order valence-corrected chi connectivity index (χ1v) is 6.36. The molecule has 0 atom stereocenters. The van der Waals surface area contributed by atoms with Gasteiger partial charge in [-0.3, -0.25) is 0 Å². The number of phenolic OH excluding ortho intramolecular Hbond substituents is 1. The van der Waals surface area contributed by atoms with E-state index in [-0.39, 0.29) is 21.6 Å². The van der Waals surface area contributed by atoms with Crippen molar-refractivity contribution in [1.29, 1.82) is 0 Å². The molecule has 0 radical (unpaired) electrons. The van der Waals surface area contributed by atoms with Gasteiger partial charge in [-0.05, 0) is 29.7 Å². The molecule has 2 rings (SSSR count). The molecule has 0 amide bonds. The van der Waals surface area contributed by atoms with Crippen LogP contribution in [0.4, 0.5) is 0 Å². The number of rotatable bonds is 2. The lowest BCUT2D eigenvalue weighted by atomic mass is 10.1. The van der Waals surface area contributed by atoms with Crippen LogP contribution in [-0.2, 0) is 10.0 Å². The summed E-state index contributed by atoms with van der Waals surface area (Å²) in [4.78, 5) is 10.6. The Hall–Kier alpha value is -2.12. The molecular formula is C11H9NO5S. The van der Waals surface area contributed by atoms with Gasteiger partial charge in [0.1, 0.15) is 5.75 Å². The first kappa shape index (κ1) is 12.3. The van der Waals surface area contributed by atoms with Crippen molar-refractivity contribution in [2.24, 2.45) is 5.14 Å². The summed E-state index contributed by atoms with van der Waals surface area (Å²) in [6, 6.07) is 6.26. The lowest BCUT2D eigenvalue weighted by molar-refractivity contribution is 0.0697. The number of hydrogen-bond acceptors (Lipinski definition) is 4. The molecule has 6 nitrogen and oxygen atoms in total. The molecule has 0 unspecified atom stereocenters. The summed E-state index contributed by atoms with van der Waals surface area (Å²) in [5, 5.41) is 23.8. The third kappa shape index (κ3) is 2.13. The summed E-state index contributed by atoms with van der Waals surface area (Å²) in [5.41, 5.74) is -0.183. The van der Waals surface area contributed by atoms with Crippen LogP contribution in [0.15, 0.2) is 35.2 Å². The molecule has 2 aromatic rings. The maximum atomic E-state index is 11.4. The van der Waals surface area contributed by atoms with Crippen LogP contribution in [0.1, 0.15) is 10.4 Å². The van der Waals surface area contributed by atoms with E-state index in [0.29, 0.717) is 5.39 Å². The standard InChI is InChI=1S/C11H9NO5S/c12-18(16,17)10-4-7(11(14)15)3-6-1-2-8(13)5-9(6)10/h1-5,13H,(H,14,15)(H2,12,16,17). The topological polar surface area (TPSA) is 118 Å². The van der Waals surface area contributed by atoms with Crippen LogP contribution in [0.25, 0.3) is 10.8 Å². The Morgan fingerprint density at radius 1 is 1.17 bits per heavy atom. The Morgan fingerprint density at radius 3 is 2.39 bits per heavy atom. The second-order valence-corrected chi connectivity index (χ2v) is 5.26. The van der Waals surface area contributed by atoms with Crippen molar-refractivity contribution >= 4 is 26.8 Å². The largest absolute Gasteiger partial charge is 0.508 e. The number of aromatic carboxylic acids is 1. The number of nitrogens with two attached hydrogens (primary N) is 1. The summed E-state index contributed by atoms with van der Waals surface area (Å²) < 4.78 is 22.9. The number of carbonyl (C=O) groups is 1. The average Bonchev–Trinajstić information content (AvgIpc) is 2.26. The molecule has 18 heavy (non-hydrogen) atoms. The van der Waals surface area contributed by atoms with E-state index in [1.807, 2.05) is 0 Å². The molecule has 0 heterocycles. The van der Waals surface area contributed by atoms with E-state index in [2.05, 4.69) is 0 Å². The summed E-state index contributed by atoms with van der Waals surface area (Å²) in [7, 11) is -4.08. The van der Waals surface area contributed by atoms with E-state index >= 15 is 0 Å². The van der Waals surface area contributed by atoms with Crippen molar-refractivity contribution in [3.63, 3.8) is 0 Å². The Morgan fingerprint density at radius 2 is 1.83 bits per heavy atom. The monoisotopic (exact) mass is 267 g/mol. The van der Waals surface area contributed by atoms with Gasteiger partial charge in [-0.2, -0.15) is 0 Å². The zero-order chi connectivity index (χ0) is 13.5. The molecule has 0 aliphatic carbocycles. The van der Waals surface area contributed by atoms with Crippen LogP contribution in [0.5, 0.6) is 5.75 Å². The lowest BCUT2D eigenvalue weighted by Crippen LogP contribution is -2.13. The number of phenols is 1. The van der Waals surface area contributed by atoms with Crippen molar-refractivity contribution in [3.05, 3.63) is 35.9 Å². The number of aromatic hydroxyl groups is 1. The third-order valence-corrected chi connectivity index (χ3v) is 3.40. The summed E-state index contributed by atoms with van der Waals surface area (Å²) in [5.74, 6) is -1.38. The number of primary sulfonamides is 1. The predicted octanol–water partition coefficient (Wildman–Crippen LogP) is 0.891. The average molecular weight is 267 g/mol. The minimum absolute atomic E-state index is 0.129. The number of carboxylic acid groups (broad SMARTS) is 1. The zero-order valence-electron chi connectivity index (χ0n) is 8.99. The molecule has 0 spiro atoms. The van der Waals surface area contributed by atoms with Crippen molar-refractivity contribution in [2.45, 2.75) is 4.90 Å². The number of carboxylic acids is 1. The predicted molar refractivity (Wildman–Crippen MR) is 63.9 cm³/mol. The molecule has 4 N–H and O–H groups in total. The van der Waals surface area contributed by atoms with E-state index in [4.69, 9.17) is 10.2 Å². The van der Waals surface area contributed by atoms with Gasteiger partial charge in [0.25, 0.3) is 0 Å². The quantitative estimate of drug-likeness (QED) is 0.746. The lowest BCUT2D eigenvalue weighted by Gasteiger charge is -2.07. The Bertz CT molecular complexity index is 751. The minimum Gasteiger partial charge on any atom is -0.508 e. The van der Waals surface area contributed by atoms with Crippen LogP contribution in [0.2, 0.25) is 0 Å². The van der Waals surface area contributed by atoms with Crippen LogP contribution in [-0.4, -0.2) is 24.6 Å². The van der Waals surface area contributed by atoms with E-state index in [0.717, 1.165) is 6.07 Å². The van der Waals surface area contributed by atoms with Crippen molar-refractivity contribution in [3.8, 4) is 5.75 Å². The van der Waals surface area contributed by atoms with Crippen molar-refractivity contribution < 1.29 is 23.4 Å². The molecule has 0 aliphatic heterocycles. The number of benzene rings is 2. The normalized spacial score (nSPS) is 11.6. The summed E-state index contributed by atoms with van der Waals surface area (Å²) in [6.45, 7) is 0. The maximum absolute atomic E-state index is 11.4. The fourth-order valence-electron chi connectivity index (χ4n) is 1.67. The molecule has 7 heteroatoms. The Balaban J connectivity index is 2.95. The molecule has 2 aromatic carbocycles. The highest BCUT2D eigenvalue weighted by Gasteiger charge is 2.17. The fourth-order valence-corrected chi connectivity index (χ4v) is 2.45. The van der Waals surface area contributed by atoms with E-state index in [9.17, 15) is 18.3 Å². The SMILES string of the molecule is NS(=O)(=O)c1cc(C(=O)O)cc2ccc(O)cc12. The molecule has 94 valence electrons. The summed E-state index contributed by atoms with van der Waals surface area (Å²) >= 11 is 0. The van der Waals surface area contributed by atoms with E-state index in [1.54, 1.807) is 0 Å². The maximum Gasteiger partial charge on any atom is 0.335 e. The van der Waals surface area contributed by atoms with Gasteiger partial charge < -0.3 is 10.2 Å². The number of fused-ring (bicyclic) bond motifs is 1. The molecule has 0 saturated heterocycles.